The third-order valence-corrected chi connectivity index (χ3v) is 3.19. The standard InChI is InChI=1S/C17H13NO2/c19-17(20)15-7-3-4-8-16(15)18-14-10-9-12-5-1-2-6-13(12)11-14/h1-11,18H,(H,19,20). The molecule has 3 nitrogen and oxygen atoms in total. The molecular formula is C17H13NO2. The van der Waals surface area contributed by atoms with Crippen LogP contribution in [0.4, 0.5) is 11.4 Å². The number of anilines is 2. The molecule has 0 bridgehead atoms. The maximum absolute atomic E-state index is 11.2. The summed E-state index contributed by atoms with van der Waals surface area (Å²) in [4.78, 5) is 11.2. The third kappa shape index (κ3) is 2.34. The Balaban J connectivity index is 1.99. The van der Waals surface area contributed by atoms with E-state index in [-0.39, 0.29) is 5.56 Å². The highest BCUT2D eigenvalue weighted by molar-refractivity contribution is 5.95. The van der Waals surface area contributed by atoms with Crippen molar-refractivity contribution >= 4 is 28.1 Å². The number of nitrogens with one attached hydrogen (secondary N) is 1. The van der Waals surface area contributed by atoms with E-state index in [4.69, 9.17) is 0 Å². The first-order valence-electron chi connectivity index (χ1n) is 6.32. The van der Waals surface area contributed by atoms with Gasteiger partial charge in [-0.2, -0.15) is 0 Å². The van der Waals surface area contributed by atoms with E-state index in [1.54, 1.807) is 18.2 Å². The van der Waals surface area contributed by atoms with E-state index in [1.165, 1.54) is 0 Å². The minimum atomic E-state index is -0.936. The van der Waals surface area contributed by atoms with Crippen LogP contribution in [-0.4, -0.2) is 11.1 Å². The molecule has 0 fully saturated rings. The van der Waals surface area contributed by atoms with Crippen LogP contribution in [0, 0.1) is 0 Å². The normalized spacial score (nSPS) is 10.4. The first kappa shape index (κ1) is 12.2. The molecule has 3 heteroatoms. The van der Waals surface area contributed by atoms with Gasteiger partial charge in [-0.3, -0.25) is 0 Å². The molecule has 0 spiro atoms. The van der Waals surface area contributed by atoms with Crippen molar-refractivity contribution in [3.8, 4) is 0 Å². The molecule has 98 valence electrons. The maximum Gasteiger partial charge on any atom is 0.337 e. The van der Waals surface area contributed by atoms with Gasteiger partial charge in [0.2, 0.25) is 0 Å². The highest BCUT2D eigenvalue weighted by atomic mass is 16.4. The lowest BCUT2D eigenvalue weighted by atomic mass is 10.1. The summed E-state index contributed by atoms with van der Waals surface area (Å²) in [7, 11) is 0. The second-order valence-corrected chi connectivity index (χ2v) is 4.54. The van der Waals surface area contributed by atoms with Crippen molar-refractivity contribution in [3.05, 3.63) is 72.3 Å². The van der Waals surface area contributed by atoms with Crippen molar-refractivity contribution in [1.82, 2.24) is 0 Å². The summed E-state index contributed by atoms with van der Waals surface area (Å²) >= 11 is 0. The molecule has 0 atom stereocenters. The monoisotopic (exact) mass is 263 g/mol. The summed E-state index contributed by atoms with van der Waals surface area (Å²) < 4.78 is 0. The van der Waals surface area contributed by atoms with E-state index in [9.17, 15) is 9.90 Å². The van der Waals surface area contributed by atoms with Gasteiger partial charge in [-0.05, 0) is 35.0 Å². The Hall–Kier alpha value is -2.81. The van der Waals surface area contributed by atoms with Crippen LogP contribution in [-0.2, 0) is 0 Å². The summed E-state index contributed by atoms with van der Waals surface area (Å²) in [5, 5.41) is 14.6. The Bertz CT molecular complexity index is 781. The predicted molar refractivity (Wildman–Crippen MR) is 80.6 cm³/mol. The van der Waals surface area contributed by atoms with Gasteiger partial charge in [-0.15, -0.1) is 0 Å². The van der Waals surface area contributed by atoms with Crippen molar-refractivity contribution < 1.29 is 9.90 Å². The Morgan fingerprint density at radius 1 is 0.850 bits per heavy atom. The van der Waals surface area contributed by atoms with E-state index in [1.807, 2.05) is 48.5 Å². The summed E-state index contributed by atoms with van der Waals surface area (Å²) in [6.45, 7) is 0. The number of hydrogen-bond donors (Lipinski definition) is 2. The molecule has 3 rings (SSSR count). The van der Waals surface area contributed by atoms with Crippen molar-refractivity contribution in [2.45, 2.75) is 0 Å². The average Bonchev–Trinajstić information content (AvgIpc) is 2.47. The molecule has 3 aromatic carbocycles. The topological polar surface area (TPSA) is 49.3 Å². The van der Waals surface area contributed by atoms with Crippen LogP contribution < -0.4 is 5.32 Å². The lowest BCUT2D eigenvalue weighted by Crippen LogP contribution is -2.02. The molecular weight excluding hydrogens is 250 g/mol. The fraction of sp³-hybridized carbons (Fsp3) is 0. The number of carboxylic acids is 1. The minimum absolute atomic E-state index is 0.264. The second-order valence-electron chi connectivity index (χ2n) is 4.54. The second kappa shape index (κ2) is 5.05. The third-order valence-electron chi connectivity index (χ3n) is 3.19. The van der Waals surface area contributed by atoms with Gasteiger partial charge in [0, 0.05) is 5.69 Å². The van der Waals surface area contributed by atoms with Crippen molar-refractivity contribution in [2.75, 3.05) is 5.32 Å². The number of hydrogen-bond acceptors (Lipinski definition) is 2. The van der Waals surface area contributed by atoms with Crippen LogP contribution in [0.5, 0.6) is 0 Å². The number of fused-ring (bicyclic) bond motifs is 1. The lowest BCUT2D eigenvalue weighted by molar-refractivity contribution is 0.0698. The van der Waals surface area contributed by atoms with Crippen molar-refractivity contribution in [3.63, 3.8) is 0 Å². The number of para-hydroxylation sites is 1. The van der Waals surface area contributed by atoms with Crippen LogP contribution in [0.2, 0.25) is 0 Å². The zero-order valence-electron chi connectivity index (χ0n) is 10.7. The van der Waals surface area contributed by atoms with E-state index < -0.39 is 5.97 Å². The highest BCUT2D eigenvalue weighted by Gasteiger charge is 2.08. The number of carbonyl (C=O) groups is 1. The zero-order chi connectivity index (χ0) is 13.9. The minimum Gasteiger partial charge on any atom is -0.478 e. The van der Waals surface area contributed by atoms with Gasteiger partial charge in [-0.25, -0.2) is 4.79 Å². The van der Waals surface area contributed by atoms with E-state index >= 15 is 0 Å². The van der Waals surface area contributed by atoms with E-state index in [0.717, 1.165) is 16.5 Å². The van der Waals surface area contributed by atoms with Crippen molar-refractivity contribution in [1.29, 1.82) is 0 Å². The molecule has 0 saturated heterocycles. The molecule has 0 amide bonds. The SMILES string of the molecule is O=C(O)c1ccccc1Nc1ccc2ccccc2c1. The van der Waals surface area contributed by atoms with Gasteiger partial charge in [0.05, 0.1) is 11.3 Å². The molecule has 0 aromatic heterocycles. The molecule has 0 saturated carbocycles. The van der Waals surface area contributed by atoms with Crippen LogP contribution in [0.15, 0.2) is 66.7 Å². The molecule has 0 unspecified atom stereocenters. The molecule has 0 radical (unpaired) electrons. The zero-order valence-corrected chi connectivity index (χ0v) is 10.7. The molecule has 2 N–H and O–H groups in total. The smallest absolute Gasteiger partial charge is 0.337 e. The largest absolute Gasteiger partial charge is 0.478 e. The Labute approximate surface area is 116 Å². The Morgan fingerprint density at radius 3 is 2.35 bits per heavy atom. The van der Waals surface area contributed by atoms with Crippen LogP contribution in [0.25, 0.3) is 10.8 Å². The lowest BCUT2D eigenvalue weighted by Gasteiger charge is -2.10. The maximum atomic E-state index is 11.2. The van der Waals surface area contributed by atoms with Crippen LogP contribution in [0.3, 0.4) is 0 Å². The van der Waals surface area contributed by atoms with E-state index in [2.05, 4.69) is 5.32 Å². The molecule has 0 aliphatic carbocycles. The predicted octanol–water partition coefficient (Wildman–Crippen LogP) is 4.28. The number of rotatable bonds is 3. The molecule has 0 aliphatic rings. The van der Waals surface area contributed by atoms with Gasteiger partial charge in [0.15, 0.2) is 0 Å². The average molecular weight is 263 g/mol. The number of carboxylic acid groups (broad SMARTS) is 1. The Morgan fingerprint density at radius 2 is 1.55 bits per heavy atom. The fourth-order valence-electron chi connectivity index (χ4n) is 2.20. The molecule has 20 heavy (non-hydrogen) atoms. The first-order chi connectivity index (χ1) is 9.74. The summed E-state index contributed by atoms with van der Waals surface area (Å²) in [5.74, 6) is -0.936. The molecule has 3 aromatic rings. The van der Waals surface area contributed by atoms with Gasteiger partial charge in [-0.1, -0.05) is 42.5 Å². The van der Waals surface area contributed by atoms with Crippen molar-refractivity contribution in [2.24, 2.45) is 0 Å². The van der Waals surface area contributed by atoms with Gasteiger partial charge < -0.3 is 10.4 Å². The molecule has 0 aliphatic heterocycles. The van der Waals surface area contributed by atoms with Gasteiger partial charge in [0.1, 0.15) is 0 Å². The highest BCUT2D eigenvalue weighted by Crippen LogP contribution is 2.24. The quantitative estimate of drug-likeness (QED) is 0.741. The number of aromatic carboxylic acids is 1. The van der Waals surface area contributed by atoms with Gasteiger partial charge >= 0.3 is 5.97 Å². The first-order valence-corrected chi connectivity index (χ1v) is 6.32. The fourth-order valence-corrected chi connectivity index (χ4v) is 2.20. The van der Waals surface area contributed by atoms with Crippen LogP contribution >= 0.6 is 0 Å². The molecule has 0 heterocycles. The summed E-state index contributed by atoms with van der Waals surface area (Å²) in [6.07, 6.45) is 0. The van der Waals surface area contributed by atoms with E-state index in [0.29, 0.717) is 5.69 Å². The van der Waals surface area contributed by atoms with Gasteiger partial charge in [0.25, 0.3) is 0 Å². The Kier molecular flexibility index (Phi) is 3.09. The summed E-state index contributed by atoms with van der Waals surface area (Å²) in [5.41, 5.74) is 1.73. The van der Waals surface area contributed by atoms with Crippen LogP contribution in [0.1, 0.15) is 10.4 Å². The number of benzene rings is 3. The summed E-state index contributed by atoms with van der Waals surface area (Å²) in [6, 6.07) is 20.9.